The smallest absolute Gasteiger partial charge is 0.125 e. The summed E-state index contributed by atoms with van der Waals surface area (Å²) in [7, 11) is 1.97. The molecule has 0 aromatic rings. The Hall–Kier alpha value is -0.160. The SMILES string of the molecule is CCCC1(NC)NCNCN1. The maximum Gasteiger partial charge on any atom is 0.125 e. The molecule has 1 heterocycles. The molecule has 66 valence electrons. The molecule has 4 heteroatoms. The van der Waals surface area contributed by atoms with Crippen molar-refractivity contribution in [1.82, 2.24) is 21.3 Å². The largest absolute Gasteiger partial charge is 0.292 e. The number of hydrogen-bond acceptors (Lipinski definition) is 4. The van der Waals surface area contributed by atoms with E-state index in [4.69, 9.17) is 0 Å². The van der Waals surface area contributed by atoms with E-state index in [1.807, 2.05) is 7.05 Å². The third kappa shape index (κ3) is 2.13. The molecule has 4 N–H and O–H groups in total. The van der Waals surface area contributed by atoms with Gasteiger partial charge in [-0.15, -0.1) is 0 Å². The molecule has 1 saturated heterocycles. The number of hydrogen-bond donors (Lipinski definition) is 4. The van der Waals surface area contributed by atoms with E-state index in [0.717, 1.165) is 19.8 Å². The Balaban J connectivity index is 2.42. The topological polar surface area (TPSA) is 48.1 Å². The van der Waals surface area contributed by atoms with Gasteiger partial charge in [0.1, 0.15) is 5.79 Å². The van der Waals surface area contributed by atoms with Crippen molar-refractivity contribution in [2.75, 3.05) is 20.4 Å². The highest BCUT2D eigenvalue weighted by Gasteiger charge is 2.27. The van der Waals surface area contributed by atoms with Crippen LogP contribution in [0.3, 0.4) is 0 Å². The molecule has 0 aromatic carbocycles. The molecule has 0 bridgehead atoms. The molecule has 0 aromatic heterocycles. The van der Waals surface area contributed by atoms with E-state index in [0.29, 0.717) is 0 Å². The van der Waals surface area contributed by atoms with Gasteiger partial charge in [-0.1, -0.05) is 13.3 Å². The highest BCUT2D eigenvalue weighted by molar-refractivity contribution is 4.82. The lowest BCUT2D eigenvalue weighted by Gasteiger charge is -2.39. The molecule has 0 radical (unpaired) electrons. The molecule has 0 saturated carbocycles. The van der Waals surface area contributed by atoms with Gasteiger partial charge in [0.25, 0.3) is 0 Å². The third-order valence-corrected chi connectivity index (χ3v) is 2.08. The Morgan fingerprint density at radius 1 is 1.36 bits per heavy atom. The summed E-state index contributed by atoms with van der Waals surface area (Å²) < 4.78 is 0. The lowest BCUT2D eigenvalue weighted by Crippen LogP contribution is -2.72. The van der Waals surface area contributed by atoms with E-state index in [-0.39, 0.29) is 5.79 Å². The van der Waals surface area contributed by atoms with Crippen LogP contribution < -0.4 is 21.3 Å². The van der Waals surface area contributed by atoms with E-state index in [1.54, 1.807) is 0 Å². The lowest BCUT2D eigenvalue weighted by molar-refractivity contribution is 0.152. The van der Waals surface area contributed by atoms with E-state index >= 15 is 0 Å². The Labute approximate surface area is 68.1 Å². The first-order valence-corrected chi connectivity index (χ1v) is 4.22. The second-order valence-corrected chi connectivity index (χ2v) is 2.86. The standard InChI is InChI=1S/C7H18N4/c1-3-4-7(8-2)10-5-9-6-11-7/h8-11H,3-6H2,1-2H3. The Kier molecular flexibility index (Phi) is 3.26. The monoisotopic (exact) mass is 158 g/mol. The number of rotatable bonds is 3. The lowest BCUT2D eigenvalue weighted by atomic mass is 10.2. The van der Waals surface area contributed by atoms with Gasteiger partial charge in [0.05, 0.1) is 0 Å². The first kappa shape index (κ1) is 8.93. The summed E-state index contributed by atoms with van der Waals surface area (Å²) in [6, 6.07) is 0. The van der Waals surface area contributed by atoms with Gasteiger partial charge in [-0.05, 0) is 13.5 Å². The maximum absolute atomic E-state index is 3.35. The van der Waals surface area contributed by atoms with Crippen molar-refractivity contribution < 1.29 is 0 Å². The highest BCUT2D eigenvalue weighted by atomic mass is 15.4. The summed E-state index contributed by atoms with van der Waals surface area (Å²) in [5.74, 6) is -0.0417. The molecule has 4 nitrogen and oxygen atoms in total. The van der Waals surface area contributed by atoms with Gasteiger partial charge < -0.3 is 0 Å². The quantitative estimate of drug-likeness (QED) is 0.441. The van der Waals surface area contributed by atoms with Crippen LogP contribution in [-0.2, 0) is 0 Å². The van der Waals surface area contributed by atoms with E-state index in [9.17, 15) is 0 Å². The van der Waals surface area contributed by atoms with Crippen LogP contribution in [0.2, 0.25) is 0 Å². The molecule has 1 aliphatic heterocycles. The highest BCUT2D eigenvalue weighted by Crippen LogP contribution is 2.05. The summed E-state index contributed by atoms with van der Waals surface area (Å²) >= 11 is 0. The van der Waals surface area contributed by atoms with Gasteiger partial charge in [-0.2, -0.15) is 0 Å². The molecule has 0 atom stereocenters. The predicted octanol–water partition coefficient (Wildman–Crippen LogP) is -0.643. The molecule has 0 unspecified atom stereocenters. The summed E-state index contributed by atoms with van der Waals surface area (Å²) in [6.07, 6.45) is 2.27. The van der Waals surface area contributed by atoms with E-state index < -0.39 is 0 Å². The van der Waals surface area contributed by atoms with Crippen LogP contribution in [0.25, 0.3) is 0 Å². The fourth-order valence-corrected chi connectivity index (χ4v) is 1.41. The average molecular weight is 158 g/mol. The third-order valence-electron chi connectivity index (χ3n) is 2.08. The van der Waals surface area contributed by atoms with Gasteiger partial charge in [0.2, 0.25) is 0 Å². The van der Waals surface area contributed by atoms with Crippen molar-refractivity contribution in [3.63, 3.8) is 0 Å². The first-order chi connectivity index (χ1) is 5.33. The molecule has 1 fully saturated rings. The van der Waals surface area contributed by atoms with Gasteiger partial charge >= 0.3 is 0 Å². The Morgan fingerprint density at radius 3 is 2.45 bits per heavy atom. The second-order valence-electron chi connectivity index (χ2n) is 2.86. The summed E-state index contributed by atoms with van der Waals surface area (Å²) in [4.78, 5) is 0. The van der Waals surface area contributed by atoms with Crippen LogP contribution in [0.1, 0.15) is 19.8 Å². The van der Waals surface area contributed by atoms with Crippen LogP contribution >= 0.6 is 0 Å². The minimum atomic E-state index is -0.0417. The maximum atomic E-state index is 3.35. The Morgan fingerprint density at radius 2 is 2.00 bits per heavy atom. The molecular weight excluding hydrogens is 140 g/mol. The molecule has 1 rings (SSSR count). The van der Waals surface area contributed by atoms with E-state index in [2.05, 4.69) is 28.2 Å². The minimum Gasteiger partial charge on any atom is -0.292 e. The van der Waals surface area contributed by atoms with Gasteiger partial charge in [0.15, 0.2) is 0 Å². The first-order valence-electron chi connectivity index (χ1n) is 4.22. The predicted molar refractivity (Wildman–Crippen MR) is 45.8 cm³/mol. The van der Waals surface area contributed by atoms with Crippen molar-refractivity contribution in [3.05, 3.63) is 0 Å². The van der Waals surface area contributed by atoms with Crippen LogP contribution in [0, 0.1) is 0 Å². The zero-order chi connectivity index (χ0) is 8.16. The van der Waals surface area contributed by atoms with Crippen molar-refractivity contribution in [2.45, 2.75) is 25.6 Å². The fraction of sp³-hybridized carbons (Fsp3) is 1.00. The summed E-state index contributed by atoms with van der Waals surface area (Å²) in [5, 5.41) is 13.1. The van der Waals surface area contributed by atoms with Crippen LogP contribution in [0.4, 0.5) is 0 Å². The molecule has 11 heavy (non-hydrogen) atoms. The van der Waals surface area contributed by atoms with E-state index in [1.165, 1.54) is 6.42 Å². The zero-order valence-electron chi connectivity index (χ0n) is 7.33. The molecule has 1 aliphatic rings. The van der Waals surface area contributed by atoms with Crippen molar-refractivity contribution in [1.29, 1.82) is 0 Å². The average Bonchev–Trinajstić information content (AvgIpc) is 2.07. The van der Waals surface area contributed by atoms with Crippen LogP contribution in [0.15, 0.2) is 0 Å². The normalized spacial score (nSPS) is 23.5. The van der Waals surface area contributed by atoms with Gasteiger partial charge in [-0.25, -0.2) is 0 Å². The molecule has 0 amide bonds. The summed E-state index contributed by atoms with van der Waals surface area (Å²) in [5.41, 5.74) is 0. The minimum absolute atomic E-state index is 0.0417. The number of nitrogens with one attached hydrogen (secondary N) is 4. The van der Waals surface area contributed by atoms with Crippen LogP contribution in [0.5, 0.6) is 0 Å². The second kappa shape index (κ2) is 4.01. The van der Waals surface area contributed by atoms with Gasteiger partial charge in [0, 0.05) is 13.3 Å². The van der Waals surface area contributed by atoms with Gasteiger partial charge in [-0.3, -0.25) is 21.3 Å². The van der Waals surface area contributed by atoms with Crippen molar-refractivity contribution in [2.24, 2.45) is 0 Å². The zero-order valence-corrected chi connectivity index (χ0v) is 7.33. The Bertz CT molecular complexity index is 103. The molecule has 0 spiro atoms. The van der Waals surface area contributed by atoms with Crippen LogP contribution in [-0.4, -0.2) is 26.2 Å². The molecule has 0 aliphatic carbocycles. The van der Waals surface area contributed by atoms with Crippen molar-refractivity contribution >= 4 is 0 Å². The summed E-state index contributed by atoms with van der Waals surface area (Å²) in [6.45, 7) is 3.92. The van der Waals surface area contributed by atoms with Crippen molar-refractivity contribution in [3.8, 4) is 0 Å². The molecular formula is C7H18N4. The fourth-order valence-electron chi connectivity index (χ4n) is 1.41.